The molecule has 2 aromatic heterocycles. The average molecular weight is 185 g/mol. The first-order chi connectivity index (χ1) is 6.81. The first-order valence-corrected chi connectivity index (χ1v) is 4.62. The molecule has 70 valence electrons. The van der Waals surface area contributed by atoms with Crippen LogP contribution in [-0.4, -0.2) is 9.97 Å². The molecule has 0 fully saturated rings. The fraction of sp³-hybridized carbons (Fsp3) is 0.273. The van der Waals surface area contributed by atoms with Gasteiger partial charge in [0.2, 0.25) is 0 Å². The van der Waals surface area contributed by atoms with Crippen LogP contribution in [0.25, 0.3) is 11.0 Å². The van der Waals surface area contributed by atoms with E-state index in [1.54, 1.807) is 6.20 Å². The number of aromatic nitrogens is 2. The lowest BCUT2D eigenvalue weighted by molar-refractivity contribution is 0.742. The van der Waals surface area contributed by atoms with E-state index in [9.17, 15) is 0 Å². The Morgan fingerprint density at radius 1 is 1.64 bits per heavy atom. The van der Waals surface area contributed by atoms with E-state index in [1.165, 1.54) is 0 Å². The number of pyridine rings is 1. The molecule has 1 atom stereocenters. The van der Waals surface area contributed by atoms with Crippen molar-refractivity contribution in [2.75, 3.05) is 0 Å². The Hall–Kier alpha value is -1.82. The molecule has 1 unspecified atom stereocenters. The lowest BCUT2D eigenvalue weighted by Crippen LogP contribution is -1.95. The molecule has 0 radical (unpaired) electrons. The molecular formula is C11H11N3. The zero-order chi connectivity index (χ0) is 9.97. The van der Waals surface area contributed by atoms with E-state index in [4.69, 9.17) is 5.26 Å². The van der Waals surface area contributed by atoms with E-state index >= 15 is 0 Å². The van der Waals surface area contributed by atoms with Crippen molar-refractivity contribution >= 4 is 11.0 Å². The van der Waals surface area contributed by atoms with Crippen LogP contribution in [0.15, 0.2) is 24.5 Å². The molecular weight excluding hydrogens is 174 g/mol. The molecule has 2 rings (SSSR count). The van der Waals surface area contributed by atoms with Gasteiger partial charge in [0.15, 0.2) is 0 Å². The minimum atomic E-state index is 0.0380. The van der Waals surface area contributed by atoms with Crippen LogP contribution >= 0.6 is 0 Å². The third-order valence-corrected chi connectivity index (χ3v) is 2.26. The normalized spacial score (nSPS) is 12.6. The van der Waals surface area contributed by atoms with Crippen molar-refractivity contribution < 1.29 is 0 Å². The maximum absolute atomic E-state index is 8.73. The Balaban J connectivity index is 2.39. The summed E-state index contributed by atoms with van der Waals surface area (Å²) >= 11 is 0. The van der Waals surface area contributed by atoms with Gasteiger partial charge in [0.1, 0.15) is 0 Å². The van der Waals surface area contributed by atoms with Crippen LogP contribution in [0, 0.1) is 17.2 Å². The Bertz CT molecular complexity index is 478. The molecule has 0 aliphatic rings. The summed E-state index contributed by atoms with van der Waals surface area (Å²) in [5, 5.41) is 8.73. The van der Waals surface area contributed by atoms with Crippen molar-refractivity contribution in [2.24, 2.45) is 5.92 Å². The summed E-state index contributed by atoms with van der Waals surface area (Å²) in [7, 11) is 0. The quantitative estimate of drug-likeness (QED) is 0.780. The summed E-state index contributed by atoms with van der Waals surface area (Å²) < 4.78 is 0. The molecule has 2 aromatic rings. The van der Waals surface area contributed by atoms with Gasteiger partial charge in [-0.1, -0.05) is 0 Å². The molecule has 0 aliphatic heterocycles. The fourth-order valence-electron chi connectivity index (χ4n) is 1.54. The molecule has 0 saturated carbocycles. The van der Waals surface area contributed by atoms with E-state index in [0.717, 1.165) is 23.0 Å². The molecule has 0 bridgehead atoms. The highest BCUT2D eigenvalue weighted by atomic mass is 14.8. The number of fused-ring (bicyclic) bond motifs is 1. The van der Waals surface area contributed by atoms with Crippen molar-refractivity contribution in [2.45, 2.75) is 13.3 Å². The lowest BCUT2D eigenvalue weighted by atomic mass is 10.0. The second-order valence-electron chi connectivity index (χ2n) is 3.45. The Labute approximate surface area is 82.4 Å². The lowest BCUT2D eigenvalue weighted by Gasteiger charge is -1.99. The first kappa shape index (κ1) is 8.76. The first-order valence-electron chi connectivity index (χ1n) is 4.62. The Kier molecular flexibility index (Phi) is 2.19. The molecule has 1 N–H and O–H groups in total. The summed E-state index contributed by atoms with van der Waals surface area (Å²) in [6, 6.07) is 6.11. The van der Waals surface area contributed by atoms with Gasteiger partial charge >= 0.3 is 0 Å². The standard InChI is InChI=1S/C11H11N3/c1-8(6-12)5-9-7-14-10-3-2-4-13-11(9)10/h2-4,7-8,14H,5H2,1H3. The van der Waals surface area contributed by atoms with Crippen LogP contribution < -0.4 is 0 Å². The third-order valence-electron chi connectivity index (χ3n) is 2.26. The minimum absolute atomic E-state index is 0.0380. The van der Waals surface area contributed by atoms with Crippen molar-refractivity contribution in [3.05, 3.63) is 30.1 Å². The number of nitriles is 1. The maximum atomic E-state index is 8.73. The van der Waals surface area contributed by atoms with Gasteiger partial charge < -0.3 is 4.98 Å². The molecule has 3 heteroatoms. The van der Waals surface area contributed by atoms with Crippen LogP contribution in [-0.2, 0) is 6.42 Å². The smallest absolute Gasteiger partial charge is 0.0911 e. The summed E-state index contributed by atoms with van der Waals surface area (Å²) in [6.45, 7) is 1.92. The van der Waals surface area contributed by atoms with E-state index in [2.05, 4.69) is 16.0 Å². The van der Waals surface area contributed by atoms with E-state index in [0.29, 0.717) is 0 Å². The molecule has 3 nitrogen and oxygen atoms in total. The molecule has 0 aromatic carbocycles. The van der Waals surface area contributed by atoms with E-state index in [1.807, 2.05) is 25.3 Å². The second-order valence-corrected chi connectivity index (χ2v) is 3.45. The van der Waals surface area contributed by atoms with E-state index < -0.39 is 0 Å². The summed E-state index contributed by atoms with van der Waals surface area (Å²) in [6.07, 6.45) is 4.47. The predicted octanol–water partition coefficient (Wildman–Crippen LogP) is 2.27. The third kappa shape index (κ3) is 1.47. The second kappa shape index (κ2) is 3.51. The number of nitrogens with one attached hydrogen (secondary N) is 1. The number of hydrogen-bond donors (Lipinski definition) is 1. The van der Waals surface area contributed by atoms with Crippen LogP contribution in [0.1, 0.15) is 12.5 Å². The van der Waals surface area contributed by atoms with Gasteiger partial charge in [-0.15, -0.1) is 0 Å². The van der Waals surface area contributed by atoms with Gasteiger partial charge in [-0.25, -0.2) is 0 Å². The Morgan fingerprint density at radius 2 is 2.50 bits per heavy atom. The van der Waals surface area contributed by atoms with E-state index in [-0.39, 0.29) is 5.92 Å². The highest BCUT2D eigenvalue weighted by molar-refractivity contribution is 5.78. The summed E-state index contributed by atoms with van der Waals surface area (Å²) in [5.74, 6) is 0.0380. The number of aromatic amines is 1. The van der Waals surface area contributed by atoms with Gasteiger partial charge in [-0.2, -0.15) is 5.26 Å². The van der Waals surface area contributed by atoms with Gasteiger partial charge in [-0.3, -0.25) is 4.98 Å². The van der Waals surface area contributed by atoms with Gasteiger partial charge in [0, 0.05) is 18.3 Å². The number of H-pyrrole nitrogens is 1. The molecule has 14 heavy (non-hydrogen) atoms. The van der Waals surface area contributed by atoms with Crippen LogP contribution in [0.5, 0.6) is 0 Å². The number of hydrogen-bond acceptors (Lipinski definition) is 2. The summed E-state index contributed by atoms with van der Waals surface area (Å²) in [5.41, 5.74) is 3.14. The number of rotatable bonds is 2. The van der Waals surface area contributed by atoms with Crippen molar-refractivity contribution in [3.8, 4) is 6.07 Å². The molecule has 0 aliphatic carbocycles. The molecule has 2 heterocycles. The predicted molar refractivity (Wildman–Crippen MR) is 54.6 cm³/mol. The largest absolute Gasteiger partial charge is 0.360 e. The zero-order valence-corrected chi connectivity index (χ0v) is 7.99. The highest BCUT2D eigenvalue weighted by Crippen LogP contribution is 2.17. The monoisotopic (exact) mass is 185 g/mol. The topological polar surface area (TPSA) is 52.5 Å². The van der Waals surface area contributed by atoms with Crippen LogP contribution in [0.4, 0.5) is 0 Å². The minimum Gasteiger partial charge on any atom is -0.360 e. The van der Waals surface area contributed by atoms with Crippen molar-refractivity contribution in [1.82, 2.24) is 9.97 Å². The fourth-order valence-corrected chi connectivity index (χ4v) is 1.54. The Morgan fingerprint density at radius 3 is 3.29 bits per heavy atom. The van der Waals surface area contributed by atoms with Gasteiger partial charge in [-0.05, 0) is 31.0 Å². The van der Waals surface area contributed by atoms with Gasteiger partial charge in [0.25, 0.3) is 0 Å². The van der Waals surface area contributed by atoms with Gasteiger partial charge in [0.05, 0.1) is 17.1 Å². The van der Waals surface area contributed by atoms with Crippen LogP contribution in [0.2, 0.25) is 0 Å². The average Bonchev–Trinajstić information content (AvgIpc) is 2.62. The molecule has 0 amide bonds. The molecule has 0 saturated heterocycles. The summed E-state index contributed by atoms with van der Waals surface area (Å²) in [4.78, 5) is 7.43. The SMILES string of the molecule is CC(C#N)Cc1c[nH]c2cccnc12. The van der Waals surface area contributed by atoms with Crippen molar-refractivity contribution in [1.29, 1.82) is 5.26 Å². The zero-order valence-electron chi connectivity index (χ0n) is 7.99. The molecule has 0 spiro atoms. The maximum Gasteiger partial charge on any atom is 0.0911 e. The van der Waals surface area contributed by atoms with Crippen LogP contribution in [0.3, 0.4) is 0 Å². The highest BCUT2D eigenvalue weighted by Gasteiger charge is 2.07. The van der Waals surface area contributed by atoms with Crippen molar-refractivity contribution in [3.63, 3.8) is 0 Å². The number of nitrogens with zero attached hydrogens (tertiary/aromatic N) is 2.